The number of nitrogens with one attached hydrogen (secondary N) is 1. The molecule has 156 valence electrons. The van der Waals surface area contributed by atoms with E-state index < -0.39 is 0 Å². The summed E-state index contributed by atoms with van der Waals surface area (Å²) in [6.07, 6.45) is 1.82. The van der Waals surface area contributed by atoms with Gasteiger partial charge in [0.25, 0.3) is 5.91 Å². The molecule has 2 aromatic carbocycles. The Morgan fingerprint density at radius 2 is 1.79 bits per heavy atom. The Kier molecular flexibility index (Phi) is 6.46. The van der Waals surface area contributed by atoms with Crippen molar-refractivity contribution in [3.63, 3.8) is 0 Å². The molecule has 1 fully saturated rings. The second-order valence-electron chi connectivity index (χ2n) is 7.10. The number of hydrogen-bond donors (Lipinski definition) is 1. The molecule has 1 aliphatic rings. The molecule has 1 unspecified atom stereocenters. The number of ether oxygens (including phenoxy) is 3. The van der Waals surface area contributed by atoms with Gasteiger partial charge >= 0.3 is 0 Å². The minimum Gasteiger partial charge on any atom is -0.493 e. The average molecular weight is 402 g/mol. The summed E-state index contributed by atoms with van der Waals surface area (Å²) in [6, 6.07) is 8.07. The Morgan fingerprint density at radius 3 is 2.38 bits per heavy atom. The van der Waals surface area contributed by atoms with Gasteiger partial charge in [-0.25, -0.2) is 4.39 Å². The zero-order valence-electron chi connectivity index (χ0n) is 17.3. The van der Waals surface area contributed by atoms with Crippen molar-refractivity contribution in [2.75, 3.05) is 39.3 Å². The standard InChI is InChI=1S/C22H27FN2O4/c1-14-10-16(23)7-8-18(14)25-9-5-6-17(13-25)24-22(26)15-11-19(27-2)21(29-4)20(12-15)28-3/h7-8,10-12,17H,5-6,9,13H2,1-4H3,(H,24,26). The van der Waals surface area contributed by atoms with Crippen molar-refractivity contribution >= 4 is 11.6 Å². The van der Waals surface area contributed by atoms with Gasteiger partial charge < -0.3 is 24.4 Å². The first-order valence-corrected chi connectivity index (χ1v) is 9.58. The summed E-state index contributed by atoms with van der Waals surface area (Å²) in [4.78, 5) is 15.1. The zero-order chi connectivity index (χ0) is 21.0. The Morgan fingerprint density at radius 1 is 1.10 bits per heavy atom. The second kappa shape index (κ2) is 9.03. The quantitative estimate of drug-likeness (QED) is 0.801. The highest BCUT2D eigenvalue weighted by atomic mass is 19.1. The van der Waals surface area contributed by atoms with E-state index in [2.05, 4.69) is 10.2 Å². The van der Waals surface area contributed by atoms with Crippen molar-refractivity contribution in [2.45, 2.75) is 25.8 Å². The molecule has 0 spiro atoms. The monoisotopic (exact) mass is 402 g/mol. The normalized spacial score (nSPS) is 16.3. The topological polar surface area (TPSA) is 60.0 Å². The summed E-state index contributed by atoms with van der Waals surface area (Å²) in [5.74, 6) is 0.873. The molecule has 0 aliphatic carbocycles. The van der Waals surface area contributed by atoms with E-state index in [0.29, 0.717) is 29.4 Å². The molecule has 0 radical (unpaired) electrons. The van der Waals surface area contributed by atoms with Gasteiger partial charge in [0.05, 0.1) is 21.3 Å². The van der Waals surface area contributed by atoms with Crippen LogP contribution in [0.1, 0.15) is 28.8 Å². The van der Waals surface area contributed by atoms with Gasteiger partial charge in [-0.15, -0.1) is 0 Å². The number of halogens is 1. The van der Waals surface area contributed by atoms with Crippen LogP contribution in [-0.2, 0) is 0 Å². The maximum atomic E-state index is 13.4. The molecule has 1 aliphatic heterocycles. The third-order valence-corrected chi connectivity index (χ3v) is 5.18. The highest BCUT2D eigenvalue weighted by molar-refractivity contribution is 5.95. The fourth-order valence-electron chi connectivity index (χ4n) is 3.77. The summed E-state index contributed by atoms with van der Waals surface area (Å²) in [7, 11) is 4.56. The number of carbonyl (C=O) groups is 1. The number of methoxy groups -OCH3 is 3. The lowest BCUT2D eigenvalue weighted by Crippen LogP contribution is -2.48. The van der Waals surface area contributed by atoms with Gasteiger partial charge in [0.2, 0.25) is 5.75 Å². The summed E-state index contributed by atoms with van der Waals surface area (Å²) in [5, 5.41) is 3.10. The van der Waals surface area contributed by atoms with Crippen LogP contribution >= 0.6 is 0 Å². The van der Waals surface area contributed by atoms with Crippen LogP contribution in [0.3, 0.4) is 0 Å². The van der Waals surface area contributed by atoms with E-state index in [1.807, 2.05) is 6.92 Å². The fraction of sp³-hybridized carbons (Fsp3) is 0.409. The molecule has 6 nitrogen and oxygen atoms in total. The van der Waals surface area contributed by atoms with Crippen LogP contribution in [-0.4, -0.2) is 46.4 Å². The minimum absolute atomic E-state index is 0.0141. The molecule has 1 N–H and O–H groups in total. The molecule has 1 atom stereocenters. The number of benzene rings is 2. The Hall–Kier alpha value is -2.96. The van der Waals surface area contributed by atoms with Gasteiger partial charge in [-0.05, 0) is 55.7 Å². The van der Waals surface area contributed by atoms with E-state index in [0.717, 1.165) is 30.6 Å². The zero-order valence-corrected chi connectivity index (χ0v) is 17.3. The number of anilines is 1. The summed E-state index contributed by atoms with van der Waals surface area (Å²) in [5.41, 5.74) is 2.33. The molecular formula is C22H27FN2O4. The highest BCUT2D eigenvalue weighted by Gasteiger charge is 2.24. The number of amides is 1. The van der Waals surface area contributed by atoms with Gasteiger partial charge in [0.1, 0.15) is 5.82 Å². The molecule has 1 saturated heterocycles. The van der Waals surface area contributed by atoms with Gasteiger partial charge in [0, 0.05) is 30.4 Å². The first-order chi connectivity index (χ1) is 14.0. The summed E-state index contributed by atoms with van der Waals surface area (Å²) >= 11 is 0. The average Bonchev–Trinajstić information content (AvgIpc) is 2.72. The van der Waals surface area contributed by atoms with E-state index in [4.69, 9.17) is 14.2 Å². The maximum absolute atomic E-state index is 13.4. The van der Waals surface area contributed by atoms with Crippen LogP contribution in [0.2, 0.25) is 0 Å². The predicted molar refractivity (Wildman–Crippen MR) is 110 cm³/mol. The minimum atomic E-state index is -0.240. The lowest BCUT2D eigenvalue weighted by Gasteiger charge is -2.35. The third kappa shape index (κ3) is 4.55. The number of nitrogens with zero attached hydrogens (tertiary/aromatic N) is 1. The van der Waals surface area contributed by atoms with E-state index in [9.17, 15) is 9.18 Å². The number of rotatable bonds is 6. The molecule has 7 heteroatoms. The van der Waals surface area contributed by atoms with Gasteiger partial charge in [0.15, 0.2) is 11.5 Å². The fourth-order valence-corrected chi connectivity index (χ4v) is 3.77. The van der Waals surface area contributed by atoms with Crippen molar-refractivity contribution in [3.05, 3.63) is 47.3 Å². The lowest BCUT2D eigenvalue weighted by molar-refractivity contribution is 0.0932. The van der Waals surface area contributed by atoms with Crippen LogP contribution in [0.25, 0.3) is 0 Å². The molecule has 1 amide bonds. The third-order valence-electron chi connectivity index (χ3n) is 5.18. The maximum Gasteiger partial charge on any atom is 0.251 e. The summed E-state index contributed by atoms with van der Waals surface area (Å²) < 4.78 is 29.4. The Balaban J connectivity index is 1.75. The van der Waals surface area contributed by atoms with Crippen molar-refractivity contribution in [1.82, 2.24) is 5.32 Å². The van der Waals surface area contributed by atoms with Crippen molar-refractivity contribution in [1.29, 1.82) is 0 Å². The van der Waals surface area contributed by atoms with Gasteiger partial charge in [-0.2, -0.15) is 0 Å². The first kappa shape index (κ1) is 20.8. The SMILES string of the molecule is COc1cc(C(=O)NC2CCCN(c3ccc(F)cc3C)C2)cc(OC)c1OC. The van der Waals surface area contributed by atoms with E-state index in [1.54, 1.807) is 18.2 Å². The number of hydrogen-bond acceptors (Lipinski definition) is 5. The van der Waals surface area contributed by atoms with Gasteiger partial charge in [-0.3, -0.25) is 4.79 Å². The van der Waals surface area contributed by atoms with Crippen LogP contribution in [0.15, 0.2) is 30.3 Å². The molecular weight excluding hydrogens is 375 g/mol. The first-order valence-electron chi connectivity index (χ1n) is 9.58. The smallest absolute Gasteiger partial charge is 0.251 e. The van der Waals surface area contributed by atoms with Crippen LogP contribution in [0.4, 0.5) is 10.1 Å². The molecule has 0 saturated carbocycles. The highest BCUT2D eigenvalue weighted by Crippen LogP contribution is 2.38. The predicted octanol–water partition coefficient (Wildman–Crippen LogP) is 3.56. The largest absolute Gasteiger partial charge is 0.493 e. The molecule has 0 aromatic heterocycles. The number of carbonyl (C=O) groups excluding carboxylic acids is 1. The summed E-state index contributed by atoms with van der Waals surface area (Å²) in [6.45, 7) is 3.45. The van der Waals surface area contributed by atoms with Crippen LogP contribution in [0, 0.1) is 12.7 Å². The lowest BCUT2D eigenvalue weighted by atomic mass is 10.0. The Labute approximate surface area is 170 Å². The molecule has 0 bridgehead atoms. The molecule has 3 rings (SSSR count). The van der Waals surface area contributed by atoms with E-state index in [-0.39, 0.29) is 17.8 Å². The second-order valence-corrected chi connectivity index (χ2v) is 7.10. The Bertz CT molecular complexity index is 862. The van der Waals surface area contributed by atoms with Gasteiger partial charge in [-0.1, -0.05) is 0 Å². The molecule has 29 heavy (non-hydrogen) atoms. The number of aryl methyl sites for hydroxylation is 1. The molecule has 2 aromatic rings. The van der Waals surface area contributed by atoms with E-state index >= 15 is 0 Å². The van der Waals surface area contributed by atoms with Crippen LogP contribution < -0.4 is 24.4 Å². The molecule has 1 heterocycles. The van der Waals surface area contributed by atoms with Crippen LogP contribution in [0.5, 0.6) is 17.2 Å². The van der Waals surface area contributed by atoms with Crippen molar-refractivity contribution in [2.24, 2.45) is 0 Å². The van der Waals surface area contributed by atoms with E-state index in [1.165, 1.54) is 33.5 Å². The van der Waals surface area contributed by atoms with Crippen molar-refractivity contribution < 1.29 is 23.4 Å². The van der Waals surface area contributed by atoms with Crippen molar-refractivity contribution in [3.8, 4) is 17.2 Å². The number of piperidine rings is 1.